The summed E-state index contributed by atoms with van der Waals surface area (Å²) in [7, 11) is 4.66. The summed E-state index contributed by atoms with van der Waals surface area (Å²) in [5.74, 6) is 0.866. The van der Waals surface area contributed by atoms with Crippen LogP contribution in [0.3, 0.4) is 0 Å². The van der Waals surface area contributed by atoms with Crippen LogP contribution in [0.2, 0.25) is 0 Å². The maximum atomic E-state index is 2.58. The van der Waals surface area contributed by atoms with Crippen molar-refractivity contribution < 1.29 is 0 Å². The van der Waals surface area contributed by atoms with Gasteiger partial charge in [0.2, 0.25) is 0 Å². The van der Waals surface area contributed by atoms with E-state index in [1.54, 1.807) is 5.56 Å². The summed E-state index contributed by atoms with van der Waals surface area (Å²) in [4.78, 5) is 2.56. The molecule has 0 heterocycles. The molecule has 0 saturated heterocycles. The molecule has 1 atom stereocenters. The van der Waals surface area contributed by atoms with Gasteiger partial charge in [0.15, 0.2) is 0 Å². The highest BCUT2D eigenvalue weighted by atomic mass is 31.1. The van der Waals surface area contributed by atoms with Crippen LogP contribution in [0.5, 0.6) is 0 Å². The Morgan fingerprint density at radius 3 is 1.75 bits per heavy atom. The lowest BCUT2D eigenvalue weighted by atomic mass is 9.91. The van der Waals surface area contributed by atoms with Gasteiger partial charge in [-0.05, 0) is 80.7 Å². The molecule has 0 N–H and O–H groups in total. The summed E-state index contributed by atoms with van der Waals surface area (Å²) in [5.41, 5.74) is 3.72. The molecular formula is C26H42NP. The molecule has 0 aromatic heterocycles. The second-order valence-corrected chi connectivity index (χ2v) is 12.8. The molecule has 0 unspecified atom stereocenters. The number of hydrogen-bond donors (Lipinski definition) is 0. The molecular weight excluding hydrogens is 357 g/mol. The fourth-order valence-corrected chi connectivity index (χ4v) is 10.6. The number of rotatable bonds is 6. The van der Waals surface area contributed by atoms with Crippen LogP contribution >= 0.6 is 7.92 Å². The number of hydrogen-bond acceptors (Lipinski definition) is 1. The minimum absolute atomic E-state index is 0.0112. The highest BCUT2D eigenvalue weighted by Gasteiger charge is 2.36. The number of nitrogens with zero attached hydrogens (tertiary/aromatic N) is 1. The van der Waals surface area contributed by atoms with Crippen LogP contribution < -0.4 is 5.30 Å². The van der Waals surface area contributed by atoms with E-state index in [1.165, 1.54) is 89.9 Å². The molecule has 0 bridgehead atoms. The van der Waals surface area contributed by atoms with Crippen molar-refractivity contribution in [2.75, 3.05) is 14.1 Å². The third-order valence-corrected chi connectivity index (χ3v) is 11.4. The summed E-state index contributed by atoms with van der Waals surface area (Å²) in [6.07, 6.45) is 20.7. The quantitative estimate of drug-likeness (QED) is 0.455. The van der Waals surface area contributed by atoms with Gasteiger partial charge < -0.3 is 4.90 Å². The van der Waals surface area contributed by atoms with Crippen LogP contribution in [0.15, 0.2) is 24.3 Å². The summed E-state index contributed by atoms with van der Waals surface area (Å²) >= 11 is 0. The second kappa shape index (κ2) is 10.1. The Balaban J connectivity index is 1.71. The van der Waals surface area contributed by atoms with Crippen LogP contribution in [0, 0.1) is 5.92 Å². The molecule has 4 rings (SSSR count). The summed E-state index contributed by atoms with van der Waals surface area (Å²) in [5, 5.41) is 1.82. The largest absolute Gasteiger partial charge is 0.302 e. The minimum atomic E-state index is -0.0112. The predicted molar refractivity (Wildman–Crippen MR) is 125 cm³/mol. The van der Waals surface area contributed by atoms with Crippen LogP contribution in [0.4, 0.5) is 0 Å². The SMILES string of the molecule is CN(C)[C@H](c1ccccc1P(C1CCCCC1)C1CCCCC1)C1CCCC1. The lowest BCUT2D eigenvalue weighted by molar-refractivity contribution is 0.215. The first-order valence-electron chi connectivity index (χ1n) is 12.3. The van der Waals surface area contributed by atoms with E-state index >= 15 is 0 Å². The lowest BCUT2D eigenvalue weighted by Gasteiger charge is -2.41. The predicted octanol–water partition coefficient (Wildman–Crippen LogP) is 7.25. The van der Waals surface area contributed by atoms with Gasteiger partial charge in [0.05, 0.1) is 0 Å². The van der Waals surface area contributed by atoms with Crippen molar-refractivity contribution in [3.05, 3.63) is 29.8 Å². The van der Waals surface area contributed by atoms with E-state index in [1.807, 2.05) is 5.30 Å². The molecule has 2 heteroatoms. The zero-order valence-electron chi connectivity index (χ0n) is 18.4. The molecule has 0 radical (unpaired) electrons. The second-order valence-electron chi connectivity index (χ2n) is 10.0. The molecule has 3 aliphatic rings. The smallest absolute Gasteiger partial charge is 0.0376 e. The molecule has 3 fully saturated rings. The average Bonchev–Trinajstić information content (AvgIpc) is 3.25. The Morgan fingerprint density at radius 1 is 0.714 bits per heavy atom. The lowest BCUT2D eigenvalue weighted by Crippen LogP contribution is -2.33. The highest BCUT2D eigenvalue weighted by Crippen LogP contribution is 2.56. The van der Waals surface area contributed by atoms with Gasteiger partial charge in [-0.1, -0.05) is 83.6 Å². The molecule has 28 heavy (non-hydrogen) atoms. The van der Waals surface area contributed by atoms with Crippen molar-refractivity contribution in [2.45, 2.75) is 107 Å². The summed E-state index contributed by atoms with van der Waals surface area (Å²) in [6.45, 7) is 0. The standard InChI is InChI=1S/C26H42NP/c1-27(2)26(21-13-9-10-14-21)24-19-11-12-20-25(24)28(22-15-5-3-6-16-22)23-17-7-4-8-18-23/h11-12,19-23,26H,3-10,13-18H2,1-2H3/t26-/m0/s1. The molecule has 3 saturated carbocycles. The Labute approximate surface area is 175 Å². The van der Waals surface area contributed by atoms with Crippen molar-refractivity contribution in [3.63, 3.8) is 0 Å². The fourth-order valence-electron chi connectivity index (χ4n) is 6.61. The highest BCUT2D eigenvalue weighted by molar-refractivity contribution is 7.67. The first-order valence-corrected chi connectivity index (χ1v) is 13.8. The van der Waals surface area contributed by atoms with Gasteiger partial charge in [-0.2, -0.15) is 0 Å². The van der Waals surface area contributed by atoms with Gasteiger partial charge in [-0.25, -0.2) is 0 Å². The van der Waals surface area contributed by atoms with Crippen molar-refractivity contribution in [1.82, 2.24) is 4.90 Å². The molecule has 1 aromatic rings. The van der Waals surface area contributed by atoms with Gasteiger partial charge in [-0.15, -0.1) is 0 Å². The summed E-state index contributed by atoms with van der Waals surface area (Å²) < 4.78 is 0. The van der Waals surface area contributed by atoms with Gasteiger partial charge in [0, 0.05) is 6.04 Å². The van der Waals surface area contributed by atoms with Crippen LogP contribution in [-0.4, -0.2) is 30.3 Å². The van der Waals surface area contributed by atoms with E-state index in [2.05, 4.69) is 43.3 Å². The van der Waals surface area contributed by atoms with E-state index in [9.17, 15) is 0 Å². The van der Waals surface area contributed by atoms with E-state index < -0.39 is 0 Å². The normalized spacial score (nSPS) is 24.3. The van der Waals surface area contributed by atoms with Crippen LogP contribution in [0.25, 0.3) is 0 Å². The van der Waals surface area contributed by atoms with Crippen molar-refractivity contribution in [3.8, 4) is 0 Å². The minimum Gasteiger partial charge on any atom is -0.302 e. The van der Waals surface area contributed by atoms with Crippen LogP contribution in [0.1, 0.15) is 101 Å². The van der Waals surface area contributed by atoms with Gasteiger partial charge in [-0.3, -0.25) is 0 Å². The molecule has 0 aliphatic heterocycles. The molecule has 3 aliphatic carbocycles. The maximum Gasteiger partial charge on any atom is 0.0376 e. The summed E-state index contributed by atoms with van der Waals surface area (Å²) in [6, 6.07) is 10.4. The molecule has 156 valence electrons. The van der Waals surface area contributed by atoms with E-state index in [0.29, 0.717) is 6.04 Å². The topological polar surface area (TPSA) is 3.24 Å². The molecule has 0 amide bonds. The zero-order chi connectivity index (χ0) is 19.3. The van der Waals surface area contributed by atoms with Crippen LogP contribution in [-0.2, 0) is 0 Å². The third kappa shape index (κ3) is 4.67. The van der Waals surface area contributed by atoms with Crippen molar-refractivity contribution in [2.24, 2.45) is 5.92 Å². The molecule has 1 aromatic carbocycles. The molecule has 0 spiro atoms. The Hall–Kier alpha value is -0.390. The van der Waals surface area contributed by atoms with Gasteiger partial charge in [0.1, 0.15) is 0 Å². The monoisotopic (exact) mass is 399 g/mol. The van der Waals surface area contributed by atoms with E-state index in [0.717, 1.165) is 17.2 Å². The third-order valence-electron chi connectivity index (χ3n) is 7.87. The Bertz CT molecular complexity index is 576. The Morgan fingerprint density at radius 2 is 1.21 bits per heavy atom. The fraction of sp³-hybridized carbons (Fsp3) is 0.769. The van der Waals surface area contributed by atoms with Gasteiger partial charge in [0.25, 0.3) is 0 Å². The Kier molecular flexibility index (Phi) is 7.51. The first-order chi connectivity index (χ1) is 13.8. The zero-order valence-corrected chi connectivity index (χ0v) is 19.3. The number of benzene rings is 1. The van der Waals surface area contributed by atoms with E-state index in [-0.39, 0.29) is 7.92 Å². The maximum absolute atomic E-state index is 2.58. The van der Waals surface area contributed by atoms with Gasteiger partial charge >= 0.3 is 0 Å². The van der Waals surface area contributed by atoms with E-state index in [4.69, 9.17) is 0 Å². The average molecular weight is 400 g/mol. The first kappa shape index (κ1) is 20.9. The molecule has 1 nitrogen and oxygen atoms in total. The van der Waals surface area contributed by atoms with Crippen molar-refractivity contribution in [1.29, 1.82) is 0 Å². The van der Waals surface area contributed by atoms with Crippen molar-refractivity contribution >= 4 is 13.2 Å².